The molecular weight excluding hydrogens is 334 g/mol. The van der Waals surface area contributed by atoms with E-state index in [4.69, 9.17) is 14.2 Å². The Bertz CT molecular complexity index is 814. The van der Waals surface area contributed by atoms with Crippen molar-refractivity contribution in [3.05, 3.63) is 59.7 Å². The van der Waals surface area contributed by atoms with Crippen LogP contribution in [-0.2, 0) is 14.3 Å². The number of ether oxygens (including phenoxy) is 3. The van der Waals surface area contributed by atoms with Crippen molar-refractivity contribution in [3.63, 3.8) is 0 Å². The molecule has 0 saturated carbocycles. The SMILES string of the molecule is COc1ccc(C=CC(=O)OCC(=O)Nc2ccccc2C)cc1OC. The Labute approximate surface area is 152 Å². The van der Waals surface area contributed by atoms with E-state index >= 15 is 0 Å². The first-order valence-corrected chi connectivity index (χ1v) is 7.96. The van der Waals surface area contributed by atoms with Crippen LogP contribution >= 0.6 is 0 Å². The van der Waals surface area contributed by atoms with E-state index in [0.717, 1.165) is 11.1 Å². The monoisotopic (exact) mass is 355 g/mol. The number of carbonyl (C=O) groups excluding carboxylic acids is 2. The molecular formula is C20H21NO5. The number of rotatable bonds is 7. The van der Waals surface area contributed by atoms with Crippen molar-refractivity contribution in [2.24, 2.45) is 0 Å². The van der Waals surface area contributed by atoms with Gasteiger partial charge in [-0.25, -0.2) is 4.79 Å². The second-order valence-electron chi connectivity index (χ2n) is 5.42. The quantitative estimate of drug-likeness (QED) is 0.610. The van der Waals surface area contributed by atoms with Gasteiger partial charge in [-0.3, -0.25) is 4.79 Å². The van der Waals surface area contributed by atoms with Gasteiger partial charge in [-0.1, -0.05) is 24.3 Å². The molecule has 0 spiro atoms. The van der Waals surface area contributed by atoms with Crippen molar-refractivity contribution in [1.82, 2.24) is 0 Å². The maximum absolute atomic E-state index is 11.9. The molecule has 0 saturated heterocycles. The molecule has 0 fully saturated rings. The molecule has 0 aliphatic carbocycles. The minimum atomic E-state index is -0.611. The highest BCUT2D eigenvalue weighted by molar-refractivity contribution is 5.95. The molecule has 1 N–H and O–H groups in total. The molecule has 2 aromatic rings. The average molecular weight is 355 g/mol. The van der Waals surface area contributed by atoms with Crippen LogP contribution < -0.4 is 14.8 Å². The van der Waals surface area contributed by atoms with Gasteiger partial charge in [0.1, 0.15) is 0 Å². The average Bonchev–Trinajstić information content (AvgIpc) is 2.66. The van der Waals surface area contributed by atoms with E-state index in [9.17, 15) is 9.59 Å². The summed E-state index contributed by atoms with van der Waals surface area (Å²) in [4.78, 5) is 23.6. The van der Waals surface area contributed by atoms with E-state index in [1.807, 2.05) is 25.1 Å². The Kier molecular flexibility index (Phi) is 6.79. The minimum absolute atomic E-state index is 0.358. The molecule has 6 nitrogen and oxygen atoms in total. The highest BCUT2D eigenvalue weighted by atomic mass is 16.5. The molecule has 2 rings (SSSR count). The van der Waals surface area contributed by atoms with Gasteiger partial charge in [0.2, 0.25) is 0 Å². The summed E-state index contributed by atoms with van der Waals surface area (Å²) < 4.78 is 15.3. The summed E-state index contributed by atoms with van der Waals surface area (Å²) in [6.45, 7) is 1.52. The molecule has 0 heterocycles. The number of nitrogens with one attached hydrogen (secondary N) is 1. The van der Waals surface area contributed by atoms with Gasteiger partial charge in [0.25, 0.3) is 5.91 Å². The van der Waals surface area contributed by atoms with E-state index in [-0.39, 0.29) is 6.61 Å². The van der Waals surface area contributed by atoms with E-state index in [1.165, 1.54) is 13.2 Å². The molecule has 1 amide bonds. The summed E-state index contributed by atoms with van der Waals surface area (Å²) in [6, 6.07) is 12.6. The summed E-state index contributed by atoms with van der Waals surface area (Å²) in [5.41, 5.74) is 2.36. The highest BCUT2D eigenvalue weighted by Gasteiger charge is 2.07. The fourth-order valence-electron chi connectivity index (χ4n) is 2.20. The molecule has 0 atom stereocenters. The third-order valence-electron chi connectivity index (χ3n) is 3.58. The molecule has 0 bridgehead atoms. The molecule has 136 valence electrons. The number of methoxy groups -OCH3 is 2. The van der Waals surface area contributed by atoms with Gasteiger partial charge in [0.15, 0.2) is 18.1 Å². The standard InChI is InChI=1S/C20H21NO5/c1-14-6-4-5-7-16(14)21-19(22)13-26-20(23)11-9-15-8-10-17(24-2)18(12-15)25-3/h4-12H,13H2,1-3H3,(H,21,22). The van der Waals surface area contributed by atoms with Gasteiger partial charge in [0, 0.05) is 11.8 Å². The minimum Gasteiger partial charge on any atom is -0.493 e. The van der Waals surface area contributed by atoms with Crippen molar-refractivity contribution >= 4 is 23.6 Å². The Morgan fingerprint density at radius 3 is 2.46 bits per heavy atom. The summed E-state index contributed by atoms with van der Waals surface area (Å²) in [5, 5.41) is 2.70. The summed E-state index contributed by atoms with van der Waals surface area (Å²) >= 11 is 0. The number of hydrogen-bond acceptors (Lipinski definition) is 5. The smallest absolute Gasteiger partial charge is 0.331 e. The van der Waals surface area contributed by atoms with E-state index < -0.39 is 11.9 Å². The van der Waals surface area contributed by atoms with Gasteiger partial charge in [-0.05, 0) is 42.3 Å². The number of amides is 1. The van der Waals surface area contributed by atoms with Gasteiger partial charge in [-0.15, -0.1) is 0 Å². The van der Waals surface area contributed by atoms with E-state index in [2.05, 4.69) is 5.32 Å². The van der Waals surface area contributed by atoms with Crippen LogP contribution in [0.3, 0.4) is 0 Å². The normalized spacial score (nSPS) is 10.4. The zero-order valence-electron chi connectivity index (χ0n) is 14.9. The zero-order valence-corrected chi connectivity index (χ0v) is 14.9. The van der Waals surface area contributed by atoms with Crippen LogP contribution in [0.5, 0.6) is 11.5 Å². The maximum atomic E-state index is 11.9. The Morgan fingerprint density at radius 1 is 1.04 bits per heavy atom. The van der Waals surface area contributed by atoms with E-state index in [1.54, 1.807) is 37.5 Å². The lowest BCUT2D eigenvalue weighted by Gasteiger charge is -2.08. The van der Waals surface area contributed by atoms with Gasteiger partial charge >= 0.3 is 5.97 Å². The number of hydrogen-bond donors (Lipinski definition) is 1. The number of carbonyl (C=O) groups is 2. The predicted molar refractivity (Wildman–Crippen MR) is 99.3 cm³/mol. The molecule has 0 aliphatic heterocycles. The van der Waals surface area contributed by atoms with Crippen molar-refractivity contribution in [2.45, 2.75) is 6.92 Å². The van der Waals surface area contributed by atoms with Gasteiger partial charge in [0.05, 0.1) is 14.2 Å². The molecule has 0 aliphatic rings. The molecule has 0 radical (unpaired) electrons. The molecule has 6 heteroatoms. The van der Waals surface area contributed by atoms with Crippen molar-refractivity contribution in [3.8, 4) is 11.5 Å². The predicted octanol–water partition coefficient (Wildman–Crippen LogP) is 3.21. The lowest BCUT2D eigenvalue weighted by atomic mass is 10.2. The third-order valence-corrected chi connectivity index (χ3v) is 3.58. The number of benzene rings is 2. The van der Waals surface area contributed by atoms with Crippen LogP contribution in [0.15, 0.2) is 48.5 Å². The molecule has 0 unspecified atom stereocenters. The van der Waals surface area contributed by atoms with Crippen LogP contribution in [0.25, 0.3) is 6.08 Å². The lowest BCUT2D eigenvalue weighted by Crippen LogP contribution is -2.20. The topological polar surface area (TPSA) is 73.9 Å². The lowest BCUT2D eigenvalue weighted by molar-refractivity contribution is -0.142. The van der Waals surface area contributed by atoms with Crippen LogP contribution in [-0.4, -0.2) is 32.7 Å². The van der Waals surface area contributed by atoms with Gasteiger partial charge < -0.3 is 19.5 Å². The van der Waals surface area contributed by atoms with Crippen LogP contribution in [0.4, 0.5) is 5.69 Å². The maximum Gasteiger partial charge on any atom is 0.331 e. The second-order valence-corrected chi connectivity index (χ2v) is 5.42. The Balaban J connectivity index is 1.87. The first-order chi connectivity index (χ1) is 12.5. The number of esters is 1. The molecule has 2 aromatic carbocycles. The van der Waals surface area contributed by atoms with Crippen LogP contribution in [0.2, 0.25) is 0 Å². The third kappa shape index (κ3) is 5.37. The molecule has 0 aromatic heterocycles. The first kappa shape index (κ1) is 19.1. The summed E-state index contributed by atoms with van der Waals surface area (Å²) in [7, 11) is 3.08. The zero-order chi connectivity index (χ0) is 18.9. The largest absolute Gasteiger partial charge is 0.493 e. The Hall–Kier alpha value is -3.28. The summed E-state index contributed by atoms with van der Waals surface area (Å²) in [5.74, 6) is 0.146. The fourth-order valence-corrected chi connectivity index (χ4v) is 2.20. The van der Waals surface area contributed by atoms with Crippen LogP contribution in [0.1, 0.15) is 11.1 Å². The highest BCUT2D eigenvalue weighted by Crippen LogP contribution is 2.27. The van der Waals surface area contributed by atoms with Gasteiger partial charge in [-0.2, -0.15) is 0 Å². The van der Waals surface area contributed by atoms with Crippen molar-refractivity contribution in [1.29, 1.82) is 0 Å². The first-order valence-electron chi connectivity index (χ1n) is 7.96. The summed E-state index contributed by atoms with van der Waals surface area (Å²) in [6.07, 6.45) is 2.83. The molecule has 26 heavy (non-hydrogen) atoms. The van der Waals surface area contributed by atoms with E-state index in [0.29, 0.717) is 17.2 Å². The number of anilines is 1. The number of para-hydroxylation sites is 1. The Morgan fingerprint density at radius 2 is 1.77 bits per heavy atom. The van der Waals surface area contributed by atoms with Crippen molar-refractivity contribution in [2.75, 3.05) is 26.1 Å². The second kappa shape index (κ2) is 9.27. The fraction of sp³-hybridized carbons (Fsp3) is 0.200. The number of aryl methyl sites for hydroxylation is 1. The van der Waals surface area contributed by atoms with Crippen LogP contribution in [0, 0.1) is 6.92 Å². The van der Waals surface area contributed by atoms with Crippen molar-refractivity contribution < 1.29 is 23.8 Å².